The molecule has 2 rings (SSSR count). The normalized spacial score (nSPS) is 12.0. The quantitative estimate of drug-likeness (QED) is 0.824. The monoisotopic (exact) mass is 301 g/mol. The van der Waals surface area contributed by atoms with E-state index in [-0.39, 0.29) is 6.04 Å². The third kappa shape index (κ3) is 4.15. The molecule has 0 radical (unpaired) electrons. The first-order chi connectivity index (χ1) is 10.6. The zero-order valence-corrected chi connectivity index (χ0v) is 13.3. The zero-order valence-electron chi connectivity index (χ0n) is 13.3. The predicted molar refractivity (Wildman–Crippen MR) is 87.8 cm³/mol. The van der Waals surface area contributed by atoms with Gasteiger partial charge in [-0.15, -0.1) is 0 Å². The first-order valence-corrected chi connectivity index (χ1v) is 7.37. The number of phenolic OH excluding ortho intramolecular Hbond substituents is 1. The fourth-order valence-electron chi connectivity index (χ4n) is 2.38. The van der Waals surface area contributed by atoms with Crippen LogP contribution in [-0.2, 0) is 6.42 Å². The maximum atomic E-state index is 9.52. The van der Waals surface area contributed by atoms with Crippen LogP contribution in [0.15, 0.2) is 42.5 Å². The highest BCUT2D eigenvalue weighted by Crippen LogP contribution is 2.27. The molecule has 2 aromatic rings. The fourth-order valence-corrected chi connectivity index (χ4v) is 2.38. The molecule has 0 aromatic heterocycles. The lowest BCUT2D eigenvalue weighted by Crippen LogP contribution is -2.21. The SMILES string of the molecule is COc1ccc(CCNC(C)c2cccc(O)c2)cc1OC. The minimum Gasteiger partial charge on any atom is -0.508 e. The molecule has 0 aliphatic rings. The molecule has 2 aromatic carbocycles. The molecular formula is C18H23NO3. The van der Waals surface area contributed by atoms with E-state index in [0.29, 0.717) is 5.75 Å². The van der Waals surface area contributed by atoms with Crippen molar-refractivity contribution in [2.45, 2.75) is 19.4 Å². The lowest BCUT2D eigenvalue weighted by molar-refractivity contribution is 0.354. The van der Waals surface area contributed by atoms with Gasteiger partial charge in [0.1, 0.15) is 5.75 Å². The van der Waals surface area contributed by atoms with Gasteiger partial charge in [-0.05, 0) is 55.3 Å². The van der Waals surface area contributed by atoms with E-state index in [4.69, 9.17) is 9.47 Å². The lowest BCUT2D eigenvalue weighted by atomic mass is 10.1. The van der Waals surface area contributed by atoms with Crippen LogP contribution in [0.4, 0.5) is 0 Å². The fraction of sp³-hybridized carbons (Fsp3) is 0.333. The van der Waals surface area contributed by atoms with Gasteiger partial charge in [-0.25, -0.2) is 0 Å². The van der Waals surface area contributed by atoms with E-state index in [1.54, 1.807) is 26.4 Å². The third-order valence-electron chi connectivity index (χ3n) is 3.68. The van der Waals surface area contributed by atoms with Gasteiger partial charge in [-0.2, -0.15) is 0 Å². The summed E-state index contributed by atoms with van der Waals surface area (Å²) in [5.74, 6) is 1.79. The summed E-state index contributed by atoms with van der Waals surface area (Å²) in [5, 5.41) is 13.0. The van der Waals surface area contributed by atoms with Gasteiger partial charge < -0.3 is 19.9 Å². The van der Waals surface area contributed by atoms with Crippen LogP contribution in [0, 0.1) is 0 Å². The topological polar surface area (TPSA) is 50.7 Å². The summed E-state index contributed by atoms with van der Waals surface area (Å²) in [6.07, 6.45) is 0.892. The van der Waals surface area contributed by atoms with Gasteiger partial charge in [0, 0.05) is 6.04 Å². The molecule has 0 fully saturated rings. The van der Waals surface area contributed by atoms with Crippen molar-refractivity contribution in [1.82, 2.24) is 5.32 Å². The number of nitrogens with one attached hydrogen (secondary N) is 1. The van der Waals surface area contributed by atoms with E-state index in [9.17, 15) is 5.11 Å². The van der Waals surface area contributed by atoms with Crippen LogP contribution in [-0.4, -0.2) is 25.9 Å². The Balaban J connectivity index is 1.91. The molecule has 118 valence electrons. The summed E-state index contributed by atoms with van der Waals surface area (Å²) >= 11 is 0. The lowest BCUT2D eigenvalue weighted by Gasteiger charge is -2.15. The number of methoxy groups -OCH3 is 2. The highest BCUT2D eigenvalue weighted by molar-refractivity contribution is 5.43. The van der Waals surface area contributed by atoms with Crippen molar-refractivity contribution in [3.05, 3.63) is 53.6 Å². The highest BCUT2D eigenvalue weighted by atomic mass is 16.5. The van der Waals surface area contributed by atoms with Gasteiger partial charge in [0.2, 0.25) is 0 Å². The molecule has 0 heterocycles. The Hall–Kier alpha value is -2.20. The number of phenols is 1. The van der Waals surface area contributed by atoms with Crippen LogP contribution in [0.1, 0.15) is 24.1 Å². The van der Waals surface area contributed by atoms with Crippen molar-refractivity contribution in [3.63, 3.8) is 0 Å². The van der Waals surface area contributed by atoms with Crippen LogP contribution in [0.3, 0.4) is 0 Å². The summed E-state index contributed by atoms with van der Waals surface area (Å²) in [6, 6.07) is 13.5. The average Bonchev–Trinajstić information content (AvgIpc) is 2.54. The Bertz CT molecular complexity index is 613. The Kier molecular flexibility index (Phi) is 5.67. The summed E-state index contributed by atoms with van der Waals surface area (Å²) in [5.41, 5.74) is 2.26. The van der Waals surface area contributed by atoms with Crippen molar-refractivity contribution in [2.75, 3.05) is 20.8 Å². The first-order valence-electron chi connectivity index (χ1n) is 7.37. The van der Waals surface area contributed by atoms with E-state index in [1.807, 2.05) is 30.3 Å². The van der Waals surface area contributed by atoms with Crippen molar-refractivity contribution in [1.29, 1.82) is 0 Å². The van der Waals surface area contributed by atoms with Gasteiger partial charge in [-0.1, -0.05) is 18.2 Å². The Morgan fingerprint density at radius 3 is 2.50 bits per heavy atom. The number of aromatic hydroxyl groups is 1. The molecule has 0 aliphatic heterocycles. The molecule has 4 nitrogen and oxygen atoms in total. The summed E-state index contributed by atoms with van der Waals surface area (Å²) in [7, 11) is 3.28. The number of benzene rings is 2. The van der Waals surface area contributed by atoms with Crippen molar-refractivity contribution in [2.24, 2.45) is 0 Å². The van der Waals surface area contributed by atoms with Gasteiger partial charge in [-0.3, -0.25) is 0 Å². The molecule has 4 heteroatoms. The minimum atomic E-state index is 0.187. The second-order valence-corrected chi connectivity index (χ2v) is 5.21. The van der Waals surface area contributed by atoms with Gasteiger partial charge in [0.05, 0.1) is 14.2 Å². The average molecular weight is 301 g/mol. The van der Waals surface area contributed by atoms with Gasteiger partial charge in [0.25, 0.3) is 0 Å². The second kappa shape index (κ2) is 7.71. The maximum absolute atomic E-state index is 9.52. The zero-order chi connectivity index (χ0) is 15.9. The first kappa shape index (κ1) is 16.2. The molecule has 0 aliphatic carbocycles. The third-order valence-corrected chi connectivity index (χ3v) is 3.68. The van der Waals surface area contributed by atoms with Crippen LogP contribution in [0.2, 0.25) is 0 Å². The summed E-state index contributed by atoms with van der Waals surface area (Å²) in [4.78, 5) is 0. The molecule has 0 bridgehead atoms. The number of rotatable bonds is 7. The Morgan fingerprint density at radius 1 is 1.05 bits per heavy atom. The van der Waals surface area contributed by atoms with E-state index < -0.39 is 0 Å². The molecule has 1 atom stereocenters. The highest BCUT2D eigenvalue weighted by Gasteiger charge is 2.07. The predicted octanol–water partition coefficient (Wildman–Crippen LogP) is 3.30. The van der Waals surface area contributed by atoms with E-state index in [2.05, 4.69) is 12.2 Å². The molecule has 0 saturated heterocycles. The van der Waals surface area contributed by atoms with E-state index in [0.717, 1.165) is 30.0 Å². The molecule has 0 spiro atoms. The molecule has 2 N–H and O–H groups in total. The van der Waals surface area contributed by atoms with Gasteiger partial charge in [0.15, 0.2) is 11.5 Å². The smallest absolute Gasteiger partial charge is 0.160 e. The summed E-state index contributed by atoms with van der Waals surface area (Å²) in [6.45, 7) is 2.93. The van der Waals surface area contributed by atoms with Crippen molar-refractivity contribution >= 4 is 0 Å². The number of hydrogen-bond donors (Lipinski definition) is 2. The number of hydrogen-bond acceptors (Lipinski definition) is 4. The Labute approximate surface area is 131 Å². The minimum absolute atomic E-state index is 0.187. The largest absolute Gasteiger partial charge is 0.508 e. The Morgan fingerprint density at radius 2 is 1.82 bits per heavy atom. The molecule has 0 amide bonds. The molecule has 0 saturated carbocycles. The van der Waals surface area contributed by atoms with Crippen molar-refractivity contribution < 1.29 is 14.6 Å². The standard InChI is InChI=1S/C18H23NO3/c1-13(15-5-4-6-16(20)12-15)19-10-9-14-7-8-17(21-2)18(11-14)22-3/h4-8,11-13,19-20H,9-10H2,1-3H3. The second-order valence-electron chi connectivity index (χ2n) is 5.21. The van der Waals surface area contributed by atoms with Gasteiger partial charge >= 0.3 is 0 Å². The van der Waals surface area contributed by atoms with Crippen molar-refractivity contribution in [3.8, 4) is 17.2 Å². The molecule has 22 heavy (non-hydrogen) atoms. The van der Waals surface area contributed by atoms with E-state index >= 15 is 0 Å². The van der Waals surface area contributed by atoms with Crippen LogP contribution < -0.4 is 14.8 Å². The molecule has 1 unspecified atom stereocenters. The van der Waals surface area contributed by atoms with Crippen LogP contribution >= 0.6 is 0 Å². The summed E-state index contributed by atoms with van der Waals surface area (Å²) < 4.78 is 10.6. The number of ether oxygens (including phenoxy) is 2. The maximum Gasteiger partial charge on any atom is 0.160 e. The van der Waals surface area contributed by atoms with Crippen LogP contribution in [0.25, 0.3) is 0 Å². The van der Waals surface area contributed by atoms with Crippen LogP contribution in [0.5, 0.6) is 17.2 Å². The van der Waals surface area contributed by atoms with E-state index in [1.165, 1.54) is 5.56 Å². The molecular weight excluding hydrogens is 278 g/mol.